The average molecular weight is 268 g/mol. The van der Waals surface area contributed by atoms with Crippen molar-refractivity contribution in [2.75, 3.05) is 33.7 Å². The Kier molecular flexibility index (Phi) is 4.63. The standard InChI is InChI=1S/C13H24N4O2/c1-16(2)13(19)14-7-9-17-8-3-4-11(12(17)18)15-10-5-6-10/h10-11,15H,3-9H2,1-2H3,(H,14,19). The van der Waals surface area contributed by atoms with Gasteiger partial charge in [-0.3, -0.25) is 4.79 Å². The summed E-state index contributed by atoms with van der Waals surface area (Å²) in [5.41, 5.74) is 0. The normalized spacial score (nSPS) is 23.4. The van der Waals surface area contributed by atoms with Crippen LogP contribution in [0.25, 0.3) is 0 Å². The first-order chi connectivity index (χ1) is 9.08. The fourth-order valence-corrected chi connectivity index (χ4v) is 2.31. The van der Waals surface area contributed by atoms with Gasteiger partial charge in [-0.15, -0.1) is 0 Å². The molecule has 1 saturated carbocycles. The summed E-state index contributed by atoms with van der Waals surface area (Å²) in [5.74, 6) is 0.192. The van der Waals surface area contributed by atoms with Crippen LogP contribution in [0, 0.1) is 0 Å². The number of urea groups is 1. The van der Waals surface area contributed by atoms with E-state index in [9.17, 15) is 9.59 Å². The predicted molar refractivity (Wildman–Crippen MR) is 72.8 cm³/mol. The van der Waals surface area contributed by atoms with E-state index >= 15 is 0 Å². The van der Waals surface area contributed by atoms with Crippen LogP contribution in [0.4, 0.5) is 4.79 Å². The summed E-state index contributed by atoms with van der Waals surface area (Å²) in [6.07, 6.45) is 4.37. The molecule has 1 heterocycles. The Bertz CT molecular complexity index is 342. The second-order valence-electron chi connectivity index (χ2n) is 5.59. The highest BCUT2D eigenvalue weighted by atomic mass is 16.2. The van der Waals surface area contributed by atoms with E-state index < -0.39 is 0 Å². The molecule has 2 N–H and O–H groups in total. The lowest BCUT2D eigenvalue weighted by atomic mass is 10.0. The van der Waals surface area contributed by atoms with Crippen molar-refractivity contribution < 1.29 is 9.59 Å². The topological polar surface area (TPSA) is 64.7 Å². The second-order valence-corrected chi connectivity index (χ2v) is 5.59. The molecule has 2 aliphatic rings. The number of hydrogen-bond acceptors (Lipinski definition) is 3. The lowest BCUT2D eigenvalue weighted by molar-refractivity contribution is -0.135. The zero-order valence-electron chi connectivity index (χ0n) is 11.8. The van der Waals surface area contributed by atoms with Gasteiger partial charge in [0.25, 0.3) is 0 Å². The van der Waals surface area contributed by atoms with Gasteiger partial charge < -0.3 is 20.4 Å². The summed E-state index contributed by atoms with van der Waals surface area (Å²) in [6, 6.07) is 0.435. The van der Waals surface area contributed by atoms with Gasteiger partial charge in [0.2, 0.25) is 5.91 Å². The van der Waals surface area contributed by atoms with Crippen LogP contribution in [0.5, 0.6) is 0 Å². The van der Waals surface area contributed by atoms with E-state index in [1.54, 1.807) is 14.1 Å². The number of likely N-dealkylation sites (tertiary alicyclic amines) is 1. The fraction of sp³-hybridized carbons (Fsp3) is 0.846. The molecule has 0 aromatic heterocycles. The Morgan fingerprint density at radius 1 is 1.37 bits per heavy atom. The largest absolute Gasteiger partial charge is 0.340 e. The second kappa shape index (κ2) is 6.23. The highest BCUT2D eigenvalue weighted by Gasteiger charge is 2.33. The van der Waals surface area contributed by atoms with Crippen LogP contribution in [0.2, 0.25) is 0 Å². The van der Waals surface area contributed by atoms with E-state index in [2.05, 4.69) is 10.6 Å². The molecule has 6 nitrogen and oxygen atoms in total. The van der Waals surface area contributed by atoms with Crippen LogP contribution >= 0.6 is 0 Å². The molecule has 2 rings (SSSR count). The first-order valence-corrected chi connectivity index (χ1v) is 7.08. The Morgan fingerprint density at radius 3 is 2.74 bits per heavy atom. The summed E-state index contributed by atoms with van der Waals surface area (Å²) in [7, 11) is 3.41. The first kappa shape index (κ1) is 14.1. The van der Waals surface area contributed by atoms with E-state index in [0.29, 0.717) is 19.1 Å². The Balaban J connectivity index is 1.72. The molecule has 19 heavy (non-hydrogen) atoms. The molecular weight excluding hydrogens is 244 g/mol. The van der Waals surface area contributed by atoms with Crippen molar-refractivity contribution in [3.63, 3.8) is 0 Å². The number of piperidine rings is 1. The average Bonchev–Trinajstić information content (AvgIpc) is 3.17. The SMILES string of the molecule is CN(C)C(=O)NCCN1CCCC(NC2CC2)C1=O. The van der Waals surface area contributed by atoms with E-state index in [0.717, 1.165) is 19.4 Å². The zero-order chi connectivity index (χ0) is 13.8. The van der Waals surface area contributed by atoms with Crippen molar-refractivity contribution >= 4 is 11.9 Å². The molecule has 3 amide bonds. The van der Waals surface area contributed by atoms with Crippen molar-refractivity contribution in [1.82, 2.24) is 20.4 Å². The molecule has 1 unspecified atom stereocenters. The zero-order valence-corrected chi connectivity index (χ0v) is 11.8. The molecule has 2 fully saturated rings. The summed E-state index contributed by atoms with van der Waals surface area (Å²) >= 11 is 0. The van der Waals surface area contributed by atoms with E-state index in [1.807, 2.05) is 4.90 Å². The van der Waals surface area contributed by atoms with E-state index in [-0.39, 0.29) is 18.0 Å². The molecule has 0 aromatic rings. The van der Waals surface area contributed by atoms with Gasteiger partial charge in [-0.05, 0) is 25.7 Å². The van der Waals surface area contributed by atoms with Gasteiger partial charge in [-0.2, -0.15) is 0 Å². The molecule has 0 aromatic carbocycles. The molecule has 6 heteroatoms. The first-order valence-electron chi connectivity index (χ1n) is 7.08. The molecule has 0 spiro atoms. The summed E-state index contributed by atoms with van der Waals surface area (Å²) in [4.78, 5) is 27.0. The fourth-order valence-electron chi connectivity index (χ4n) is 2.31. The van der Waals surface area contributed by atoms with Crippen LogP contribution < -0.4 is 10.6 Å². The predicted octanol–water partition coefficient (Wildman–Crippen LogP) is 0.000600. The Morgan fingerprint density at radius 2 is 2.11 bits per heavy atom. The van der Waals surface area contributed by atoms with Crippen molar-refractivity contribution in [3.8, 4) is 0 Å². The maximum absolute atomic E-state index is 12.2. The Labute approximate surface area is 114 Å². The lowest BCUT2D eigenvalue weighted by Gasteiger charge is -2.33. The van der Waals surface area contributed by atoms with Crippen LogP contribution in [0.15, 0.2) is 0 Å². The van der Waals surface area contributed by atoms with Crippen molar-refractivity contribution in [2.45, 2.75) is 37.8 Å². The third kappa shape index (κ3) is 4.09. The van der Waals surface area contributed by atoms with Crippen molar-refractivity contribution in [1.29, 1.82) is 0 Å². The molecule has 0 bridgehead atoms. The summed E-state index contributed by atoms with van der Waals surface area (Å²) in [5, 5.41) is 6.19. The molecule has 1 aliphatic heterocycles. The number of hydrogen-bond donors (Lipinski definition) is 2. The number of nitrogens with zero attached hydrogens (tertiary/aromatic N) is 2. The van der Waals surface area contributed by atoms with Gasteiger partial charge >= 0.3 is 6.03 Å². The minimum absolute atomic E-state index is 0.00852. The van der Waals surface area contributed by atoms with E-state index in [1.165, 1.54) is 17.7 Å². The van der Waals surface area contributed by atoms with Crippen LogP contribution in [-0.2, 0) is 4.79 Å². The monoisotopic (exact) mass is 268 g/mol. The number of nitrogens with one attached hydrogen (secondary N) is 2. The number of carbonyl (C=O) groups excluding carboxylic acids is 2. The maximum Gasteiger partial charge on any atom is 0.316 e. The lowest BCUT2D eigenvalue weighted by Crippen LogP contribution is -2.53. The summed E-state index contributed by atoms with van der Waals surface area (Å²) < 4.78 is 0. The van der Waals surface area contributed by atoms with Gasteiger partial charge in [0, 0.05) is 39.8 Å². The molecule has 1 saturated heterocycles. The van der Waals surface area contributed by atoms with Crippen molar-refractivity contribution in [2.24, 2.45) is 0 Å². The number of rotatable bonds is 5. The minimum Gasteiger partial charge on any atom is -0.340 e. The smallest absolute Gasteiger partial charge is 0.316 e. The van der Waals surface area contributed by atoms with E-state index in [4.69, 9.17) is 0 Å². The number of amides is 3. The van der Waals surface area contributed by atoms with Crippen LogP contribution in [-0.4, -0.2) is 67.6 Å². The highest BCUT2D eigenvalue weighted by molar-refractivity contribution is 5.82. The molecule has 0 radical (unpaired) electrons. The molecule has 1 atom stereocenters. The van der Waals surface area contributed by atoms with Crippen LogP contribution in [0.3, 0.4) is 0 Å². The summed E-state index contributed by atoms with van der Waals surface area (Å²) in [6.45, 7) is 1.92. The molecule has 1 aliphatic carbocycles. The van der Waals surface area contributed by atoms with Crippen LogP contribution in [0.1, 0.15) is 25.7 Å². The van der Waals surface area contributed by atoms with Gasteiger partial charge in [0.1, 0.15) is 0 Å². The number of carbonyl (C=O) groups is 2. The molecule has 108 valence electrons. The highest BCUT2D eigenvalue weighted by Crippen LogP contribution is 2.22. The quantitative estimate of drug-likeness (QED) is 0.738. The Hall–Kier alpha value is -1.30. The van der Waals surface area contributed by atoms with Crippen molar-refractivity contribution in [3.05, 3.63) is 0 Å². The maximum atomic E-state index is 12.2. The van der Waals surface area contributed by atoms with Gasteiger partial charge in [0.15, 0.2) is 0 Å². The van der Waals surface area contributed by atoms with Gasteiger partial charge in [-0.25, -0.2) is 4.79 Å². The van der Waals surface area contributed by atoms with Gasteiger partial charge in [-0.1, -0.05) is 0 Å². The van der Waals surface area contributed by atoms with Gasteiger partial charge in [0.05, 0.1) is 6.04 Å². The third-order valence-electron chi connectivity index (χ3n) is 3.61. The minimum atomic E-state index is -0.114. The third-order valence-corrected chi connectivity index (χ3v) is 3.61. The molecular formula is C13H24N4O2.